The number of carbonyl (C=O) groups excluding carboxylic acids is 1. The largest absolute Gasteiger partial charge is 0.332 e. The zero-order valence-electron chi connectivity index (χ0n) is 8.95. The van der Waals surface area contributed by atoms with Gasteiger partial charge in [0.25, 0.3) is 0 Å². The number of imidazole rings is 1. The van der Waals surface area contributed by atoms with Crippen LogP contribution in [0.1, 0.15) is 37.3 Å². The van der Waals surface area contributed by atoms with Gasteiger partial charge in [-0.3, -0.25) is 4.79 Å². The molecule has 0 saturated heterocycles. The van der Waals surface area contributed by atoms with Crippen molar-refractivity contribution in [3.05, 3.63) is 18.2 Å². The molecule has 0 radical (unpaired) electrons. The Morgan fingerprint density at radius 1 is 1.57 bits per heavy atom. The van der Waals surface area contributed by atoms with Gasteiger partial charge >= 0.3 is 0 Å². The Morgan fingerprint density at radius 3 is 2.50 bits per heavy atom. The van der Waals surface area contributed by atoms with E-state index in [1.165, 1.54) is 0 Å². The van der Waals surface area contributed by atoms with E-state index in [9.17, 15) is 4.79 Å². The van der Waals surface area contributed by atoms with Gasteiger partial charge in [0.1, 0.15) is 0 Å². The number of Topliss-reactive ketones (excluding diaryl/α,β-unsaturated/α-hetero) is 1. The van der Waals surface area contributed by atoms with Gasteiger partial charge in [0.15, 0.2) is 5.82 Å². The molecule has 1 aromatic heterocycles. The van der Waals surface area contributed by atoms with Gasteiger partial charge < -0.3 is 10.3 Å². The molecule has 0 saturated carbocycles. The summed E-state index contributed by atoms with van der Waals surface area (Å²) in [6.07, 6.45) is 4.63. The Labute approximate surface area is 84.1 Å². The van der Waals surface area contributed by atoms with Crippen molar-refractivity contribution in [3.63, 3.8) is 0 Å². The number of rotatable bonds is 4. The van der Waals surface area contributed by atoms with Crippen LogP contribution in [0.15, 0.2) is 12.4 Å². The van der Waals surface area contributed by atoms with Crippen molar-refractivity contribution in [2.45, 2.75) is 32.2 Å². The fraction of sp³-hybridized carbons (Fsp3) is 0.600. The molecule has 0 amide bonds. The molecule has 0 bridgehead atoms. The second-order valence-electron chi connectivity index (χ2n) is 3.55. The summed E-state index contributed by atoms with van der Waals surface area (Å²) in [5.41, 5.74) is 5.23. The molecule has 0 aliphatic heterocycles. The van der Waals surface area contributed by atoms with E-state index in [1.54, 1.807) is 24.0 Å². The molecule has 4 heteroatoms. The molecular formula is C10H17N3O. The fourth-order valence-corrected chi connectivity index (χ4v) is 1.38. The van der Waals surface area contributed by atoms with Crippen LogP contribution in [0.2, 0.25) is 0 Å². The van der Waals surface area contributed by atoms with Crippen LogP contribution in [0.25, 0.3) is 0 Å². The Balaban J connectivity index is 3.01. The van der Waals surface area contributed by atoms with Crippen molar-refractivity contribution in [2.75, 3.05) is 0 Å². The predicted octanol–water partition coefficient (Wildman–Crippen LogP) is 1.12. The standard InChI is InChI=1S/C10H17N3O/c1-4-10(11,5-2)8(14)9-12-6-7-13(9)3/h6-7H,4-5,11H2,1-3H3. The summed E-state index contributed by atoms with van der Waals surface area (Å²) in [5.74, 6) is 0.367. The number of ketones is 1. The van der Waals surface area contributed by atoms with Crippen LogP contribution < -0.4 is 5.73 Å². The van der Waals surface area contributed by atoms with Crippen LogP contribution in [0.5, 0.6) is 0 Å². The maximum absolute atomic E-state index is 12.0. The number of aryl methyl sites for hydroxylation is 1. The van der Waals surface area contributed by atoms with Crippen molar-refractivity contribution in [3.8, 4) is 0 Å². The van der Waals surface area contributed by atoms with Gasteiger partial charge in [-0.25, -0.2) is 4.98 Å². The first-order chi connectivity index (χ1) is 6.55. The summed E-state index contributed by atoms with van der Waals surface area (Å²) in [4.78, 5) is 16.0. The summed E-state index contributed by atoms with van der Waals surface area (Å²) in [6.45, 7) is 3.84. The lowest BCUT2D eigenvalue weighted by molar-refractivity contribution is 0.0865. The second kappa shape index (κ2) is 3.92. The zero-order chi connectivity index (χ0) is 10.8. The Kier molecular flexibility index (Phi) is 3.06. The van der Waals surface area contributed by atoms with Crippen molar-refractivity contribution in [1.29, 1.82) is 0 Å². The number of hydrogen-bond acceptors (Lipinski definition) is 3. The molecule has 0 unspecified atom stereocenters. The quantitative estimate of drug-likeness (QED) is 0.732. The smallest absolute Gasteiger partial charge is 0.217 e. The van der Waals surface area contributed by atoms with E-state index in [0.717, 1.165) is 0 Å². The van der Waals surface area contributed by atoms with Crippen molar-refractivity contribution >= 4 is 5.78 Å². The summed E-state index contributed by atoms with van der Waals surface area (Å²) < 4.78 is 1.70. The first-order valence-electron chi connectivity index (χ1n) is 4.86. The van der Waals surface area contributed by atoms with E-state index in [1.807, 2.05) is 13.8 Å². The van der Waals surface area contributed by atoms with E-state index in [4.69, 9.17) is 5.73 Å². The Bertz CT molecular complexity index is 326. The van der Waals surface area contributed by atoms with Gasteiger partial charge in [-0.1, -0.05) is 13.8 Å². The zero-order valence-corrected chi connectivity index (χ0v) is 8.95. The molecule has 0 aliphatic rings. The molecule has 0 spiro atoms. The van der Waals surface area contributed by atoms with Crippen LogP contribution in [0.4, 0.5) is 0 Å². The Morgan fingerprint density at radius 2 is 2.14 bits per heavy atom. The normalized spacial score (nSPS) is 11.7. The minimum atomic E-state index is -0.765. The average molecular weight is 195 g/mol. The fourth-order valence-electron chi connectivity index (χ4n) is 1.38. The molecule has 0 aliphatic carbocycles. The number of hydrogen-bond donors (Lipinski definition) is 1. The Hall–Kier alpha value is -1.16. The summed E-state index contributed by atoms with van der Waals surface area (Å²) in [6, 6.07) is 0. The first kappa shape index (κ1) is 10.9. The molecular weight excluding hydrogens is 178 g/mol. The maximum atomic E-state index is 12.0. The van der Waals surface area contributed by atoms with Crippen LogP contribution in [-0.4, -0.2) is 20.9 Å². The van der Waals surface area contributed by atoms with E-state index < -0.39 is 5.54 Å². The predicted molar refractivity (Wildman–Crippen MR) is 55.0 cm³/mol. The average Bonchev–Trinajstić information content (AvgIpc) is 2.62. The molecule has 0 fully saturated rings. The van der Waals surface area contributed by atoms with Gasteiger partial charge in [0, 0.05) is 19.4 Å². The van der Waals surface area contributed by atoms with Crippen molar-refractivity contribution in [1.82, 2.24) is 9.55 Å². The minimum Gasteiger partial charge on any atom is -0.332 e. The van der Waals surface area contributed by atoms with Gasteiger partial charge in [-0.15, -0.1) is 0 Å². The van der Waals surface area contributed by atoms with Crippen LogP contribution in [0, 0.1) is 0 Å². The highest BCUT2D eigenvalue weighted by Crippen LogP contribution is 2.16. The lowest BCUT2D eigenvalue weighted by Crippen LogP contribution is -2.47. The third-order valence-electron chi connectivity index (χ3n) is 2.74. The topological polar surface area (TPSA) is 60.9 Å². The molecule has 0 aromatic carbocycles. The van der Waals surface area contributed by atoms with Gasteiger partial charge in [-0.2, -0.15) is 0 Å². The lowest BCUT2D eigenvalue weighted by Gasteiger charge is -2.24. The van der Waals surface area contributed by atoms with Crippen molar-refractivity contribution < 1.29 is 4.79 Å². The molecule has 2 N–H and O–H groups in total. The highest BCUT2D eigenvalue weighted by Gasteiger charge is 2.33. The maximum Gasteiger partial charge on any atom is 0.217 e. The number of carbonyl (C=O) groups is 1. The summed E-state index contributed by atoms with van der Waals surface area (Å²) in [7, 11) is 1.80. The number of nitrogens with zero attached hydrogens (tertiary/aromatic N) is 2. The van der Waals surface area contributed by atoms with Gasteiger partial charge in [-0.05, 0) is 12.8 Å². The van der Waals surface area contributed by atoms with Gasteiger partial charge in [0.2, 0.25) is 5.78 Å². The molecule has 0 atom stereocenters. The minimum absolute atomic E-state index is 0.0741. The molecule has 1 rings (SSSR count). The number of aromatic nitrogens is 2. The highest BCUT2D eigenvalue weighted by molar-refractivity contribution is 6.00. The van der Waals surface area contributed by atoms with Crippen molar-refractivity contribution in [2.24, 2.45) is 12.8 Å². The van der Waals surface area contributed by atoms with E-state index in [-0.39, 0.29) is 5.78 Å². The first-order valence-corrected chi connectivity index (χ1v) is 4.86. The molecule has 14 heavy (non-hydrogen) atoms. The molecule has 78 valence electrons. The SMILES string of the molecule is CCC(N)(CC)C(=O)c1nccn1C. The van der Waals surface area contributed by atoms with Gasteiger partial charge in [0.05, 0.1) is 5.54 Å². The summed E-state index contributed by atoms with van der Waals surface area (Å²) in [5, 5.41) is 0. The van der Waals surface area contributed by atoms with Crippen LogP contribution >= 0.6 is 0 Å². The van der Waals surface area contributed by atoms with Crippen LogP contribution in [0.3, 0.4) is 0 Å². The van der Waals surface area contributed by atoms with E-state index >= 15 is 0 Å². The third-order valence-corrected chi connectivity index (χ3v) is 2.74. The third kappa shape index (κ3) is 1.70. The second-order valence-corrected chi connectivity index (χ2v) is 3.55. The number of nitrogens with two attached hydrogens (primary N) is 1. The summed E-state index contributed by atoms with van der Waals surface area (Å²) >= 11 is 0. The van der Waals surface area contributed by atoms with Crippen LogP contribution in [-0.2, 0) is 7.05 Å². The molecule has 4 nitrogen and oxygen atoms in total. The lowest BCUT2D eigenvalue weighted by atomic mass is 9.89. The molecule has 1 heterocycles. The monoisotopic (exact) mass is 195 g/mol. The highest BCUT2D eigenvalue weighted by atomic mass is 16.1. The van der Waals surface area contributed by atoms with E-state index in [2.05, 4.69) is 4.98 Å². The van der Waals surface area contributed by atoms with E-state index in [0.29, 0.717) is 18.7 Å². The molecule has 1 aromatic rings.